The van der Waals surface area contributed by atoms with Crippen molar-refractivity contribution >= 4 is 0 Å². The van der Waals surface area contributed by atoms with Gasteiger partial charge in [-0.2, -0.15) is 4.98 Å². The molecule has 2 fully saturated rings. The molecule has 0 N–H and O–H groups in total. The summed E-state index contributed by atoms with van der Waals surface area (Å²) in [7, 11) is 1.64. The molecule has 134 valence electrons. The molecule has 25 heavy (non-hydrogen) atoms. The van der Waals surface area contributed by atoms with Gasteiger partial charge in [-0.1, -0.05) is 11.6 Å². The largest absolute Gasteiger partial charge is 0.475 e. The molecular formula is C18H24N4O3. The maximum Gasteiger partial charge on any atom is 0.244 e. The highest BCUT2D eigenvalue weighted by molar-refractivity contribution is 5.60. The maximum atomic E-state index is 5.68. The second-order valence-corrected chi connectivity index (χ2v) is 6.63. The molecule has 0 amide bonds. The van der Waals surface area contributed by atoms with Gasteiger partial charge in [0.1, 0.15) is 6.61 Å². The molecule has 0 bridgehead atoms. The second-order valence-electron chi connectivity index (χ2n) is 6.63. The minimum absolute atomic E-state index is 0.251. The first-order valence-corrected chi connectivity index (χ1v) is 9.03. The van der Waals surface area contributed by atoms with Crippen molar-refractivity contribution < 1.29 is 14.0 Å². The van der Waals surface area contributed by atoms with E-state index >= 15 is 0 Å². The molecule has 1 aliphatic carbocycles. The van der Waals surface area contributed by atoms with E-state index in [9.17, 15) is 0 Å². The lowest BCUT2D eigenvalue weighted by atomic mass is 9.91. The number of methoxy groups -OCH3 is 1. The Balaban J connectivity index is 1.53. The molecule has 0 aromatic carbocycles. The van der Waals surface area contributed by atoms with Crippen LogP contribution < -0.4 is 4.74 Å². The molecule has 0 unspecified atom stereocenters. The number of rotatable bonds is 7. The third-order valence-corrected chi connectivity index (χ3v) is 5.10. The third kappa shape index (κ3) is 3.39. The van der Waals surface area contributed by atoms with E-state index in [-0.39, 0.29) is 6.04 Å². The van der Waals surface area contributed by atoms with Crippen LogP contribution in [0.15, 0.2) is 22.9 Å². The van der Waals surface area contributed by atoms with Crippen LogP contribution in [0, 0.1) is 0 Å². The minimum atomic E-state index is 0.251. The van der Waals surface area contributed by atoms with Crippen LogP contribution in [-0.4, -0.2) is 52.9 Å². The summed E-state index contributed by atoms with van der Waals surface area (Å²) >= 11 is 0. The maximum absolute atomic E-state index is 5.68. The van der Waals surface area contributed by atoms with Crippen molar-refractivity contribution in [3.05, 3.63) is 24.2 Å². The number of nitrogens with zero attached hydrogens (tertiary/aromatic N) is 4. The molecule has 0 radical (unpaired) electrons. The molecule has 3 heterocycles. The zero-order valence-corrected chi connectivity index (χ0v) is 14.6. The lowest BCUT2D eigenvalue weighted by Gasteiger charge is -2.37. The number of pyridine rings is 1. The van der Waals surface area contributed by atoms with E-state index < -0.39 is 0 Å². The molecule has 4 rings (SSSR count). The highest BCUT2D eigenvalue weighted by atomic mass is 16.5. The van der Waals surface area contributed by atoms with Crippen LogP contribution in [0.2, 0.25) is 0 Å². The van der Waals surface area contributed by atoms with Crippen LogP contribution in [0.25, 0.3) is 11.4 Å². The van der Waals surface area contributed by atoms with Crippen molar-refractivity contribution in [3.8, 4) is 17.3 Å². The number of likely N-dealkylation sites (tertiary alicyclic amines) is 1. The van der Waals surface area contributed by atoms with Crippen molar-refractivity contribution in [2.75, 3.05) is 26.9 Å². The van der Waals surface area contributed by atoms with Gasteiger partial charge in [0.15, 0.2) is 0 Å². The molecule has 2 aromatic rings. The first-order valence-electron chi connectivity index (χ1n) is 9.03. The molecule has 7 heteroatoms. The highest BCUT2D eigenvalue weighted by Gasteiger charge is 2.37. The molecule has 2 aliphatic rings. The van der Waals surface area contributed by atoms with Crippen molar-refractivity contribution in [1.29, 1.82) is 0 Å². The van der Waals surface area contributed by atoms with Crippen molar-refractivity contribution in [1.82, 2.24) is 20.0 Å². The Hall–Kier alpha value is -1.99. The van der Waals surface area contributed by atoms with Crippen LogP contribution >= 0.6 is 0 Å². The van der Waals surface area contributed by atoms with Crippen molar-refractivity contribution in [2.45, 2.75) is 44.2 Å². The van der Waals surface area contributed by atoms with E-state index in [4.69, 9.17) is 14.0 Å². The number of hydrogen-bond donors (Lipinski definition) is 0. The summed E-state index contributed by atoms with van der Waals surface area (Å²) in [5.41, 5.74) is 0.752. The van der Waals surface area contributed by atoms with Gasteiger partial charge in [-0.05, 0) is 44.4 Å². The SMILES string of the molecule is COCCOc1ncccc1-c1noc([C@@H]2CCCN2C2CCC2)n1. The molecule has 1 aliphatic heterocycles. The van der Waals surface area contributed by atoms with Gasteiger partial charge in [0.05, 0.1) is 18.2 Å². The van der Waals surface area contributed by atoms with Gasteiger partial charge in [-0.3, -0.25) is 4.90 Å². The zero-order chi connectivity index (χ0) is 17.1. The van der Waals surface area contributed by atoms with Gasteiger partial charge in [-0.25, -0.2) is 4.98 Å². The zero-order valence-electron chi connectivity index (χ0n) is 14.6. The molecule has 1 saturated carbocycles. The summed E-state index contributed by atoms with van der Waals surface area (Å²) < 4.78 is 16.3. The standard InChI is InChI=1S/C18H24N4O3/c1-23-11-12-24-17-14(7-3-9-19-17)16-20-18(25-21-16)15-8-4-10-22(15)13-5-2-6-13/h3,7,9,13,15H,2,4-6,8,10-12H2,1H3/t15-/m0/s1. The van der Waals surface area contributed by atoms with Gasteiger partial charge in [0.2, 0.25) is 17.6 Å². The molecule has 1 atom stereocenters. The fourth-order valence-electron chi connectivity index (χ4n) is 3.59. The summed E-state index contributed by atoms with van der Waals surface area (Å²) in [5, 5.41) is 4.19. The molecule has 2 aromatic heterocycles. The Labute approximate surface area is 147 Å². The Morgan fingerprint density at radius 2 is 2.16 bits per heavy atom. The Morgan fingerprint density at radius 3 is 2.96 bits per heavy atom. The molecular weight excluding hydrogens is 320 g/mol. The summed E-state index contributed by atoms with van der Waals surface area (Å²) in [4.78, 5) is 11.5. The number of ether oxygens (including phenoxy) is 2. The summed E-state index contributed by atoms with van der Waals surface area (Å²) in [5.74, 6) is 1.76. The van der Waals surface area contributed by atoms with Crippen molar-refractivity contribution in [2.24, 2.45) is 0 Å². The summed E-state index contributed by atoms with van der Waals surface area (Å²) in [6.07, 6.45) is 7.89. The van der Waals surface area contributed by atoms with E-state index in [1.807, 2.05) is 12.1 Å². The highest BCUT2D eigenvalue weighted by Crippen LogP contribution is 2.39. The van der Waals surface area contributed by atoms with Gasteiger partial charge < -0.3 is 14.0 Å². The van der Waals surface area contributed by atoms with Gasteiger partial charge in [-0.15, -0.1) is 0 Å². The van der Waals surface area contributed by atoms with Gasteiger partial charge >= 0.3 is 0 Å². The van der Waals surface area contributed by atoms with Crippen LogP contribution in [0.1, 0.15) is 44.0 Å². The number of hydrogen-bond acceptors (Lipinski definition) is 7. The van der Waals surface area contributed by atoms with E-state index in [2.05, 4.69) is 20.0 Å². The van der Waals surface area contributed by atoms with E-state index in [0.29, 0.717) is 36.9 Å². The smallest absolute Gasteiger partial charge is 0.244 e. The summed E-state index contributed by atoms with van der Waals surface area (Å²) in [6, 6.07) is 4.70. The van der Waals surface area contributed by atoms with Crippen molar-refractivity contribution in [3.63, 3.8) is 0 Å². The van der Waals surface area contributed by atoms with Crippen LogP contribution in [0.5, 0.6) is 5.88 Å². The van der Waals surface area contributed by atoms with Crippen LogP contribution in [0.3, 0.4) is 0 Å². The van der Waals surface area contributed by atoms with Gasteiger partial charge in [0, 0.05) is 19.3 Å². The predicted octanol–water partition coefficient (Wildman–Crippen LogP) is 2.85. The summed E-state index contributed by atoms with van der Waals surface area (Å²) in [6.45, 7) is 2.07. The predicted molar refractivity (Wildman–Crippen MR) is 91.2 cm³/mol. The molecule has 1 saturated heterocycles. The monoisotopic (exact) mass is 344 g/mol. The van der Waals surface area contributed by atoms with Gasteiger partial charge in [0.25, 0.3) is 0 Å². The van der Waals surface area contributed by atoms with Crippen LogP contribution in [-0.2, 0) is 4.74 Å². The fourth-order valence-corrected chi connectivity index (χ4v) is 3.59. The minimum Gasteiger partial charge on any atom is -0.475 e. The third-order valence-electron chi connectivity index (χ3n) is 5.10. The topological polar surface area (TPSA) is 73.5 Å². The normalized spacial score (nSPS) is 21.4. The number of aromatic nitrogens is 3. The van der Waals surface area contributed by atoms with E-state index in [1.165, 1.54) is 25.7 Å². The fraction of sp³-hybridized carbons (Fsp3) is 0.611. The molecule has 7 nitrogen and oxygen atoms in total. The average molecular weight is 344 g/mol. The Bertz CT molecular complexity index is 701. The second kappa shape index (κ2) is 7.49. The van der Waals surface area contributed by atoms with E-state index in [0.717, 1.165) is 18.5 Å². The Kier molecular flexibility index (Phi) is 4.94. The quantitative estimate of drug-likeness (QED) is 0.715. The lowest BCUT2D eigenvalue weighted by molar-refractivity contribution is 0.0966. The first-order chi connectivity index (χ1) is 12.4. The van der Waals surface area contributed by atoms with E-state index in [1.54, 1.807) is 13.3 Å². The average Bonchev–Trinajstić information content (AvgIpc) is 3.23. The first kappa shape index (κ1) is 16.5. The lowest BCUT2D eigenvalue weighted by Crippen LogP contribution is -2.39. The molecule has 0 spiro atoms. The van der Waals surface area contributed by atoms with Crippen LogP contribution in [0.4, 0.5) is 0 Å². The Morgan fingerprint density at radius 1 is 1.24 bits per heavy atom.